The normalized spacial score (nSPS) is 11.5. The van der Waals surface area contributed by atoms with E-state index in [4.69, 9.17) is 9.97 Å². The average molecular weight is 360 g/mol. The van der Waals surface area contributed by atoms with E-state index in [1.807, 2.05) is 30.3 Å². The number of aromatic nitrogens is 4. The maximum absolute atomic E-state index is 4.81. The van der Waals surface area contributed by atoms with Crippen molar-refractivity contribution in [2.24, 2.45) is 0 Å². The van der Waals surface area contributed by atoms with Crippen molar-refractivity contribution in [3.8, 4) is 11.5 Å². The van der Waals surface area contributed by atoms with Crippen LogP contribution in [0.1, 0.15) is 13.8 Å². The number of pyridine rings is 1. The second kappa shape index (κ2) is 7.72. The summed E-state index contributed by atoms with van der Waals surface area (Å²) in [6, 6.07) is 14.0. The van der Waals surface area contributed by atoms with E-state index in [2.05, 4.69) is 46.2 Å². The minimum atomic E-state index is 0.637. The lowest BCUT2D eigenvalue weighted by atomic mass is 10.2. The van der Waals surface area contributed by atoms with Crippen molar-refractivity contribution in [3.63, 3.8) is 0 Å². The van der Waals surface area contributed by atoms with Gasteiger partial charge in [-0.1, -0.05) is 38.1 Å². The molecule has 0 aliphatic rings. The highest BCUT2D eigenvalue weighted by atomic mass is 15.1. The van der Waals surface area contributed by atoms with Gasteiger partial charge in [-0.25, -0.2) is 9.97 Å². The van der Waals surface area contributed by atoms with E-state index in [0.717, 1.165) is 59.6 Å². The molecule has 0 saturated heterocycles. The van der Waals surface area contributed by atoms with Crippen LogP contribution in [0.2, 0.25) is 0 Å². The summed E-state index contributed by atoms with van der Waals surface area (Å²) in [6.07, 6.45) is 1.77. The summed E-state index contributed by atoms with van der Waals surface area (Å²) in [5, 5.41) is 4.60. The van der Waals surface area contributed by atoms with E-state index < -0.39 is 0 Å². The van der Waals surface area contributed by atoms with Crippen molar-refractivity contribution >= 4 is 27.8 Å². The minimum Gasteiger partial charge on any atom is -0.367 e. The summed E-state index contributed by atoms with van der Waals surface area (Å²) < 4.78 is 0. The molecule has 138 valence electrons. The van der Waals surface area contributed by atoms with E-state index >= 15 is 0 Å². The Kier molecular flexibility index (Phi) is 4.98. The van der Waals surface area contributed by atoms with E-state index in [0.29, 0.717) is 5.82 Å². The number of nitrogens with zero attached hydrogens (tertiary/aromatic N) is 4. The summed E-state index contributed by atoms with van der Waals surface area (Å²) in [7, 11) is 0. The number of H-pyrrole nitrogens is 1. The number of anilines is 1. The highest BCUT2D eigenvalue weighted by Crippen LogP contribution is 2.29. The Morgan fingerprint density at radius 1 is 1.00 bits per heavy atom. The van der Waals surface area contributed by atoms with Crippen LogP contribution in [0.25, 0.3) is 33.5 Å². The number of nitrogens with one attached hydrogen (secondary N) is 2. The van der Waals surface area contributed by atoms with Gasteiger partial charge >= 0.3 is 0 Å². The molecule has 0 bridgehead atoms. The van der Waals surface area contributed by atoms with Crippen molar-refractivity contribution in [3.05, 3.63) is 48.7 Å². The number of para-hydroxylation sites is 1. The van der Waals surface area contributed by atoms with Gasteiger partial charge in [-0.2, -0.15) is 0 Å². The number of benzene rings is 1. The van der Waals surface area contributed by atoms with Crippen LogP contribution in [0.4, 0.5) is 5.82 Å². The summed E-state index contributed by atoms with van der Waals surface area (Å²) in [5.41, 5.74) is 3.70. The van der Waals surface area contributed by atoms with Gasteiger partial charge in [0.25, 0.3) is 0 Å². The van der Waals surface area contributed by atoms with Crippen molar-refractivity contribution in [1.29, 1.82) is 0 Å². The third-order valence-corrected chi connectivity index (χ3v) is 4.86. The van der Waals surface area contributed by atoms with Crippen molar-refractivity contribution in [2.75, 3.05) is 31.5 Å². The molecule has 0 atom stereocenters. The monoisotopic (exact) mass is 360 g/mol. The Morgan fingerprint density at radius 2 is 1.81 bits per heavy atom. The first-order chi connectivity index (χ1) is 13.3. The van der Waals surface area contributed by atoms with Crippen LogP contribution in [0.3, 0.4) is 0 Å². The summed E-state index contributed by atoms with van der Waals surface area (Å²) >= 11 is 0. The molecular formula is C21H24N6. The highest BCUT2D eigenvalue weighted by Gasteiger charge is 2.14. The second-order valence-corrected chi connectivity index (χ2v) is 6.46. The van der Waals surface area contributed by atoms with E-state index in [-0.39, 0.29) is 0 Å². The molecular weight excluding hydrogens is 336 g/mol. The smallest absolute Gasteiger partial charge is 0.180 e. The standard InChI is InChI=1S/C21H24N6/c1-3-27(4-2)14-13-23-21-19-18(15-9-5-6-10-16(15)24-19)25-20(26-21)17-11-7-8-12-22-17/h5-12,24H,3-4,13-14H2,1-2H3,(H,23,25,26). The Labute approximate surface area is 158 Å². The van der Waals surface area contributed by atoms with Gasteiger partial charge in [-0.3, -0.25) is 4.98 Å². The van der Waals surface area contributed by atoms with Crippen molar-refractivity contribution in [1.82, 2.24) is 24.8 Å². The number of fused-ring (bicyclic) bond motifs is 3. The quantitative estimate of drug-likeness (QED) is 0.523. The lowest BCUT2D eigenvalue weighted by molar-refractivity contribution is 0.316. The molecule has 4 aromatic rings. The van der Waals surface area contributed by atoms with Crippen molar-refractivity contribution < 1.29 is 0 Å². The van der Waals surface area contributed by atoms with Gasteiger partial charge in [-0.15, -0.1) is 0 Å². The maximum atomic E-state index is 4.81. The number of hydrogen-bond donors (Lipinski definition) is 2. The van der Waals surface area contributed by atoms with E-state index in [9.17, 15) is 0 Å². The Hall–Kier alpha value is -2.99. The first kappa shape index (κ1) is 17.4. The third kappa shape index (κ3) is 3.48. The zero-order valence-corrected chi connectivity index (χ0v) is 15.7. The molecule has 0 fully saturated rings. The van der Waals surface area contributed by atoms with Gasteiger partial charge in [0.1, 0.15) is 16.7 Å². The highest BCUT2D eigenvalue weighted by molar-refractivity contribution is 6.08. The SMILES string of the molecule is CCN(CC)CCNc1nc(-c2ccccn2)nc2c1[nH]c1ccccc12. The topological polar surface area (TPSA) is 69.7 Å². The molecule has 0 saturated carbocycles. The second-order valence-electron chi connectivity index (χ2n) is 6.46. The largest absolute Gasteiger partial charge is 0.367 e. The molecule has 6 heteroatoms. The van der Waals surface area contributed by atoms with Gasteiger partial charge in [0, 0.05) is 30.2 Å². The van der Waals surface area contributed by atoms with Gasteiger partial charge in [0.15, 0.2) is 11.6 Å². The predicted molar refractivity (Wildman–Crippen MR) is 111 cm³/mol. The molecule has 1 aromatic carbocycles. The molecule has 0 radical (unpaired) electrons. The molecule has 0 aliphatic heterocycles. The molecule has 0 aliphatic carbocycles. The number of aromatic amines is 1. The zero-order valence-electron chi connectivity index (χ0n) is 15.7. The first-order valence-corrected chi connectivity index (χ1v) is 9.46. The first-order valence-electron chi connectivity index (χ1n) is 9.46. The molecule has 6 nitrogen and oxygen atoms in total. The summed E-state index contributed by atoms with van der Waals surface area (Å²) in [4.78, 5) is 19.9. The van der Waals surface area contributed by atoms with E-state index in [1.54, 1.807) is 6.20 Å². The molecule has 2 N–H and O–H groups in total. The van der Waals surface area contributed by atoms with Gasteiger partial charge in [0.05, 0.1) is 0 Å². The lowest BCUT2D eigenvalue weighted by Crippen LogP contribution is -2.28. The molecule has 0 amide bonds. The number of likely N-dealkylation sites (N-methyl/N-ethyl adjacent to an activating group) is 1. The zero-order chi connectivity index (χ0) is 18.6. The number of rotatable bonds is 7. The fourth-order valence-electron chi connectivity index (χ4n) is 3.32. The molecule has 0 unspecified atom stereocenters. The maximum Gasteiger partial charge on any atom is 0.180 e. The number of hydrogen-bond acceptors (Lipinski definition) is 5. The molecule has 27 heavy (non-hydrogen) atoms. The molecule has 0 spiro atoms. The predicted octanol–water partition coefficient (Wildman–Crippen LogP) is 3.93. The molecule has 3 heterocycles. The van der Waals surface area contributed by atoms with Crippen LogP contribution in [0, 0.1) is 0 Å². The average Bonchev–Trinajstić information content (AvgIpc) is 3.11. The van der Waals surface area contributed by atoms with Gasteiger partial charge < -0.3 is 15.2 Å². The van der Waals surface area contributed by atoms with Crippen LogP contribution in [0.5, 0.6) is 0 Å². The minimum absolute atomic E-state index is 0.637. The van der Waals surface area contributed by atoms with Crippen LogP contribution in [-0.4, -0.2) is 51.0 Å². The fraction of sp³-hybridized carbons (Fsp3) is 0.286. The van der Waals surface area contributed by atoms with Gasteiger partial charge in [-0.05, 0) is 31.3 Å². The fourth-order valence-corrected chi connectivity index (χ4v) is 3.32. The van der Waals surface area contributed by atoms with Gasteiger partial charge in [0.2, 0.25) is 0 Å². The molecule has 3 aromatic heterocycles. The Bertz CT molecular complexity index is 1040. The Balaban J connectivity index is 1.78. The summed E-state index contributed by atoms with van der Waals surface area (Å²) in [5.74, 6) is 1.46. The van der Waals surface area contributed by atoms with Crippen LogP contribution in [-0.2, 0) is 0 Å². The van der Waals surface area contributed by atoms with Crippen LogP contribution >= 0.6 is 0 Å². The van der Waals surface area contributed by atoms with Crippen LogP contribution in [0.15, 0.2) is 48.7 Å². The van der Waals surface area contributed by atoms with E-state index in [1.165, 1.54) is 0 Å². The molecule has 4 rings (SSSR count). The Morgan fingerprint density at radius 3 is 2.59 bits per heavy atom. The lowest BCUT2D eigenvalue weighted by Gasteiger charge is -2.18. The third-order valence-electron chi connectivity index (χ3n) is 4.86. The summed E-state index contributed by atoms with van der Waals surface area (Å²) in [6.45, 7) is 8.25. The van der Waals surface area contributed by atoms with Crippen molar-refractivity contribution in [2.45, 2.75) is 13.8 Å². The van der Waals surface area contributed by atoms with Crippen LogP contribution < -0.4 is 5.32 Å².